The first-order chi connectivity index (χ1) is 11.0. The van der Waals surface area contributed by atoms with Crippen molar-refractivity contribution < 1.29 is 9.59 Å². The van der Waals surface area contributed by atoms with Crippen molar-refractivity contribution >= 4 is 39.1 Å². The zero-order valence-corrected chi connectivity index (χ0v) is 15.8. The average molecular weight is 401 g/mol. The van der Waals surface area contributed by atoms with E-state index in [1.54, 1.807) is 16.2 Å². The number of carbonyl (C=O) groups excluding carboxylic acids is 2. The molecule has 1 fully saturated rings. The van der Waals surface area contributed by atoms with Crippen LogP contribution >= 0.6 is 27.3 Å². The van der Waals surface area contributed by atoms with Crippen molar-refractivity contribution in [1.29, 1.82) is 0 Å². The highest BCUT2D eigenvalue weighted by Crippen LogP contribution is 2.26. The van der Waals surface area contributed by atoms with Crippen LogP contribution in [0, 0.1) is 5.92 Å². The lowest BCUT2D eigenvalue weighted by molar-refractivity contribution is -0.135. The number of halogens is 1. The number of carbonyl (C=O) groups is 2. The first kappa shape index (κ1) is 18.5. The smallest absolute Gasteiger partial charge is 0.237 e. The predicted molar refractivity (Wildman–Crippen MR) is 97.3 cm³/mol. The number of thiophene rings is 1. The Labute approximate surface area is 150 Å². The third-order valence-corrected chi connectivity index (χ3v) is 6.20. The summed E-state index contributed by atoms with van der Waals surface area (Å²) in [5.74, 6) is 0.296. The number of hydrogen-bond donors (Lipinski definition) is 1. The predicted octanol–water partition coefficient (Wildman–Crippen LogP) is 3.73. The van der Waals surface area contributed by atoms with Crippen LogP contribution in [0.5, 0.6) is 0 Å². The Balaban J connectivity index is 1.82. The molecule has 0 saturated heterocycles. The fourth-order valence-corrected chi connectivity index (χ4v) is 4.62. The SMILES string of the molecule is NC(=O)CN(CCC1CCCCC1)C(=O)CCc1cc(Br)cs1. The third kappa shape index (κ3) is 6.63. The Morgan fingerprint density at radius 3 is 2.65 bits per heavy atom. The molecule has 1 aromatic rings. The van der Waals surface area contributed by atoms with E-state index in [9.17, 15) is 9.59 Å². The van der Waals surface area contributed by atoms with E-state index >= 15 is 0 Å². The van der Waals surface area contributed by atoms with Gasteiger partial charge in [0, 0.05) is 27.7 Å². The number of rotatable bonds is 8. The molecule has 128 valence electrons. The van der Waals surface area contributed by atoms with Crippen molar-refractivity contribution in [2.24, 2.45) is 11.7 Å². The average Bonchev–Trinajstić information content (AvgIpc) is 2.95. The fraction of sp³-hybridized carbons (Fsp3) is 0.647. The Kier molecular flexibility index (Phi) is 7.56. The normalized spacial score (nSPS) is 15.5. The molecule has 1 aromatic heterocycles. The molecule has 4 nitrogen and oxygen atoms in total. The molecule has 1 aliphatic rings. The Morgan fingerprint density at radius 2 is 2.04 bits per heavy atom. The van der Waals surface area contributed by atoms with Crippen LogP contribution in [0.25, 0.3) is 0 Å². The number of primary amides is 1. The molecule has 0 bridgehead atoms. The highest BCUT2D eigenvalue weighted by atomic mass is 79.9. The molecule has 2 amide bonds. The number of hydrogen-bond acceptors (Lipinski definition) is 3. The highest BCUT2D eigenvalue weighted by molar-refractivity contribution is 9.10. The molecule has 2 rings (SSSR count). The van der Waals surface area contributed by atoms with Gasteiger partial charge in [-0.2, -0.15) is 0 Å². The van der Waals surface area contributed by atoms with Gasteiger partial charge in [-0.05, 0) is 40.8 Å². The molecule has 0 radical (unpaired) electrons. The Hall–Kier alpha value is -0.880. The van der Waals surface area contributed by atoms with Crippen LogP contribution in [-0.2, 0) is 16.0 Å². The van der Waals surface area contributed by atoms with E-state index in [1.807, 2.05) is 11.4 Å². The van der Waals surface area contributed by atoms with E-state index in [0.717, 1.165) is 10.9 Å². The van der Waals surface area contributed by atoms with Crippen molar-refractivity contribution in [1.82, 2.24) is 4.90 Å². The summed E-state index contributed by atoms with van der Waals surface area (Å²) in [4.78, 5) is 26.5. The highest BCUT2D eigenvalue weighted by Gasteiger charge is 2.19. The summed E-state index contributed by atoms with van der Waals surface area (Å²) in [5.41, 5.74) is 5.31. The summed E-state index contributed by atoms with van der Waals surface area (Å²) in [5, 5.41) is 2.02. The van der Waals surface area contributed by atoms with Crippen molar-refractivity contribution in [2.75, 3.05) is 13.1 Å². The second-order valence-electron chi connectivity index (χ2n) is 6.31. The van der Waals surface area contributed by atoms with E-state index in [2.05, 4.69) is 15.9 Å². The topological polar surface area (TPSA) is 63.4 Å². The second kappa shape index (κ2) is 9.42. The van der Waals surface area contributed by atoms with Crippen LogP contribution in [0.4, 0.5) is 0 Å². The van der Waals surface area contributed by atoms with Gasteiger partial charge in [-0.3, -0.25) is 9.59 Å². The first-order valence-electron chi connectivity index (χ1n) is 8.33. The summed E-state index contributed by atoms with van der Waals surface area (Å²) >= 11 is 5.07. The van der Waals surface area contributed by atoms with Gasteiger partial charge in [-0.1, -0.05) is 32.1 Å². The van der Waals surface area contributed by atoms with Crippen LogP contribution in [0.1, 0.15) is 49.8 Å². The lowest BCUT2D eigenvalue weighted by Crippen LogP contribution is -2.39. The maximum atomic E-state index is 12.4. The molecule has 0 atom stereocenters. The van der Waals surface area contributed by atoms with Gasteiger partial charge in [0.2, 0.25) is 11.8 Å². The maximum absolute atomic E-state index is 12.4. The minimum atomic E-state index is -0.430. The van der Waals surface area contributed by atoms with E-state index in [-0.39, 0.29) is 12.5 Å². The van der Waals surface area contributed by atoms with E-state index in [1.165, 1.54) is 37.0 Å². The van der Waals surface area contributed by atoms with Crippen molar-refractivity contribution in [3.63, 3.8) is 0 Å². The molecule has 0 aliphatic heterocycles. The molecule has 1 heterocycles. The zero-order chi connectivity index (χ0) is 16.7. The maximum Gasteiger partial charge on any atom is 0.237 e. The standard InChI is InChI=1S/C17H25BrN2O2S/c18-14-10-15(23-12-14)6-7-17(22)20(11-16(19)21)9-8-13-4-2-1-3-5-13/h10,12-13H,1-9,11H2,(H2,19,21). The van der Waals surface area contributed by atoms with Gasteiger partial charge in [-0.15, -0.1) is 11.3 Å². The van der Waals surface area contributed by atoms with Crippen LogP contribution in [0.15, 0.2) is 15.9 Å². The number of nitrogens with zero attached hydrogens (tertiary/aromatic N) is 1. The Bertz CT molecular complexity index is 526. The van der Waals surface area contributed by atoms with Crippen LogP contribution in [-0.4, -0.2) is 29.8 Å². The van der Waals surface area contributed by atoms with Crippen LogP contribution in [0.3, 0.4) is 0 Å². The Morgan fingerprint density at radius 1 is 1.30 bits per heavy atom. The molecule has 1 aliphatic carbocycles. The van der Waals surface area contributed by atoms with Gasteiger partial charge in [-0.25, -0.2) is 0 Å². The molecule has 0 aromatic carbocycles. The zero-order valence-electron chi connectivity index (χ0n) is 13.4. The van der Waals surface area contributed by atoms with Crippen molar-refractivity contribution in [2.45, 2.75) is 51.4 Å². The number of amides is 2. The van der Waals surface area contributed by atoms with E-state index in [4.69, 9.17) is 5.73 Å². The largest absolute Gasteiger partial charge is 0.368 e. The van der Waals surface area contributed by atoms with Crippen molar-refractivity contribution in [3.8, 4) is 0 Å². The van der Waals surface area contributed by atoms with Crippen LogP contribution < -0.4 is 5.73 Å². The lowest BCUT2D eigenvalue weighted by atomic mass is 9.87. The molecular formula is C17H25BrN2O2S. The molecule has 0 spiro atoms. The second-order valence-corrected chi connectivity index (χ2v) is 8.22. The molecule has 23 heavy (non-hydrogen) atoms. The quantitative estimate of drug-likeness (QED) is 0.722. The van der Waals surface area contributed by atoms with Gasteiger partial charge in [0.1, 0.15) is 0 Å². The molecule has 0 unspecified atom stereocenters. The van der Waals surface area contributed by atoms with E-state index in [0.29, 0.717) is 25.3 Å². The number of aryl methyl sites for hydroxylation is 1. The lowest BCUT2D eigenvalue weighted by Gasteiger charge is -2.26. The molecule has 1 saturated carbocycles. The van der Waals surface area contributed by atoms with Gasteiger partial charge in [0.15, 0.2) is 0 Å². The third-order valence-electron chi connectivity index (χ3n) is 4.44. The van der Waals surface area contributed by atoms with Gasteiger partial charge < -0.3 is 10.6 Å². The minimum Gasteiger partial charge on any atom is -0.368 e. The van der Waals surface area contributed by atoms with Gasteiger partial charge in [0.25, 0.3) is 0 Å². The van der Waals surface area contributed by atoms with Gasteiger partial charge in [0.05, 0.1) is 6.54 Å². The van der Waals surface area contributed by atoms with E-state index < -0.39 is 5.91 Å². The molecule has 2 N–H and O–H groups in total. The molecule has 6 heteroatoms. The minimum absolute atomic E-state index is 0.0316. The van der Waals surface area contributed by atoms with Crippen molar-refractivity contribution in [3.05, 3.63) is 20.8 Å². The summed E-state index contributed by atoms with van der Waals surface area (Å²) < 4.78 is 1.05. The van der Waals surface area contributed by atoms with Gasteiger partial charge >= 0.3 is 0 Å². The summed E-state index contributed by atoms with van der Waals surface area (Å²) in [6.07, 6.45) is 8.56. The van der Waals surface area contributed by atoms with Crippen LogP contribution in [0.2, 0.25) is 0 Å². The first-order valence-corrected chi connectivity index (χ1v) is 10.0. The summed E-state index contributed by atoms with van der Waals surface area (Å²) in [7, 11) is 0. The fourth-order valence-electron chi connectivity index (χ4n) is 3.17. The summed E-state index contributed by atoms with van der Waals surface area (Å²) in [6.45, 7) is 0.695. The monoisotopic (exact) mass is 400 g/mol. The summed E-state index contributed by atoms with van der Waals surface area (Å²) in [6, 6.07) is 2.04. The molecular weight excluding hydrogens is 376 g/mol. The number of nitrogens with two attached hydrogens (primary N) is 1.